The molecule has 1 atom stereocenters. The minimum Gasteiger partial charge on any atom is -0.368 e. The smallest absolute Gasteiger partial charge is 0.239 e. The Balaban J connectivity index is 1.74. The van der Waals surface area contributed by atoms with Gasteiger partial charge in [-0.2, -0.15) is 0 Å². The van der Waals surface area contributed by atoms with Gasteiger partial charge in [-0.05, 0) is 36.9 Å². The Morgan fingerprint density at radius 3 is 2.19 bits per heavy atom. The second kappa shape index (κ2) is 8.22. The quantitative estimate of drug-likeness (QED) is 0.731. The molecule has 110 valence electrons. The highest BCUT2D eigenvalue weighted by Gasteiger charge is 2.15. The number of amides is 1. The van der Waals surface area contributed by atoms with Crippen LogP contribution in [0, 0.1) is 0 Å². The van der Waals surface area contributed by atoms with Gasteiger partial charge in [0.1, 0.15) is 6.04 Å². The molecule has 0 bridgehead atoms. The van der Waals surface area contributed by atoms with Crippen molar-refractivity contribution in [3.63, 3.8) is 0 Å². The molecule has 3 N–H and O–H groups in total. The minimum atomic E-state index is -0.400. The van der Waals surface area contributed by atoms with E-state index in [1.807, 2.05) is 36.4 Å². The van der Waals surface area contributed by atoms with E-state index in [9.17, 15) is 4.79 Å². The molecule has 0 aliphatic heterocycles. The van der Waals surface area contributed by atoms with Gasteiger partial charge < -0.3 is 11.1 Å². The molecule has 0 unspecified atom stereocenters. The van der Waals surface area contributed by atoms with Crippen molar-refractivity contribution < 1.29 is 4.79 Å². The van der Waals surface area contributed by atoms with Crippen molar-refractivity contribution in [3.05, 3.63) is 71.8 Å². The minimum absolute atomic E-state index is 0.329. The first kappa shape index (κ1) is 15.3. The van der Waals surface area contributed by atoms with Crippen molar-refractivity contribution in [2.24, 2.45) is 5.73 Å². The number of rotatable bonds is 8. The fourth-order valence-corrected chi connectivity index (χ4v) is 2.37. The van der Waals surface area contributed by atoms with E-state index in [4.69, 9.17) is 5.73 Å². The first-order chi connectivity index (χ1) is 10.3. The van der Waals surface area contributed by atoms with Gasteiger partial charge in [-0.25, -0.2) is 0 Å². The zero-order chi connectivity index (χ0) is 14.9. The third-order valence-electron chi connectivity index (χ3n) is 3.50. The first-order valence-electron chi connectivity index (χ1n) is 7.39. The Labute approximate surface area is 126 Å². The lowest BCUT2D eigenvalue weighted by atomic mass is 10.1. The predicted molar refractivity (Wildman–Crippen MR) is 85.8 cm³/mol. The SMILES string of the molecule is NC(=O)[C@@H](NCCCCc1ccccc1)c1ccccc1. The number of carbonyl (C=O) groups is 1. The van der Waals surface area contributed by atoms with Gasteiger partial charge in [0.2, 0.25) is 5.91 Å². The molecule has 3 nitrogen and oxygen atoms in total. The number of hydrogen-bond donors (Lipinski definition) is 2. The van der Waals surface area contributed by atoms with Crippen molar-refractivity contribution >= 4 is 5.91 Å². The lowest BCUT2D eigenvalue weighted by Gasteiger charge is -2.15. The molecule has 1 amide bonds. The molecule has 2 aromatic carbocycles. The van der Waals surface area contributed by atoms with Crippen molar-refractivity contribution in [1.82, 2.24) is 5.32 Å². The zero-order valence-electron chi connectivity index (χ0n) is 12.2. The molecule has 0 fully saturated rings. The van der Waals surface area contributed by atoms with Gasteiger partial charge in [0.15, 0.2) is 0 Å². The van der Waals surface area contributed by atoms with E-state index < -0.39 is 6.04 Å². The average molecular weight is 282 g/mol. The summed E-state index contributed by atoms with van der Waals surface area (Å²) < 4.78 is 0. The van der Waals surface area contributed by atoms with Crippen LogP contribution < -0.4 is 11.1 Å². The maximum atomic E-state index is 11.5. The largest absolute Gasteiger partial charge is 0.368 e. The van der Waals surface area contributed by atoms with Gasteiger partial charge in [-0.1, -0.05) is 60.7 Å². The van der Waals surface area contributed by atoms with Crippen molar-refractivity contribution in [2.75, 3.05) is 6.54 Å². The number of primary amides is 1. The third-order valence-corrected chi connectivity index (χ3v) is 3.50. The molecule has 2 rings (SSSR count). The summed E-state index contributed by atoms with van der Waals surface area (Å²) in [5.41, 5.74) is 7.75. The van der Waals surface area contributed by atoms with Crippen LogP contribution in [0.25, 0.3) is 0 Å². The fourth-order valence-electron chi connectivity index (χ4n) is 2.37. The second-order valence-corrected chi connectivity index (χ2v) is 5.14. The standard InChI is InChI=1S/C18H22N2O/c19-18(21)17(16-12-5-2-6-13-16)20-14-8-7-11-15-9-3-1-4-10-15/h1-6,9-10,12-13,17,20H,7-8,11,14H2,(H2,19,21)/t17-/m0/s1. The van der Waals surface area contributed by atoms with Crippen LogP contribution in [-0.4, -0.2) is 12.5 Å². The fraction of sp³-hybridized carbons (Fsp3) is 0.278. The Morgan fingerprint density at radius 1 is 0.952 bits per heavy atom. The van der Waals surface area contributed by atoms with Crippen LogP contribution in [0.2, 0.25) is 0 Å². The van der Waals surface area contributed by atoms with Crippen LogP contribution in [0.1, 0.15) is 30.0 Å². The summed E-state index contributed by atoms with van der Waals surface area (Å²) in [4.78, 5) is 11.5. The van der Waals surface area contributed by atoms with Gasteiger partial charge in [0.25, 0.3) is 0 Å². The van der Waals surface area contributed by atoms with Crippen LogP contribution in [0.15, 0.2) is 60.7 Å². The molecule has 3 heteroatoms. The van der Waals surface area contributed by atoms with Gasteiger partial charge in [-0.15, -0.1) is 0 Å². The lowest BCUT2D eigenvalue weighted by molar-refractivity contribution is -0.120. The van der Waals surface area contributed by atoms with Gasteiger partial charge in [0.05, 0.1) is 0 Å². The summed E-state index contributed by atoms with van der Waals surface area (Å²) in [6, 6.07) is 19.7. The molecule has 21 heavy (non-hydrogen) atoms. The summed E-state index contributed by atoms with van der Waals surface area (Å²) in [6.07, 6.45) is 3.18. The molecule has 0 saturated heterocycles. The van der Waals surface area contributed by atoms with Crippen LogP contribution in [0.4, 0.5) is 0 Å². The highest BCUT2D eigenvalue weighted by Crippen LogP contribution is 2.12. The monoisotopic (exact) mass is 282 g/mol. The molecule has 0 heterocycles. The number of aryl methyl sites for hydroxylation is 1. The first-order valence-corrected chi connectivity index (χ1v) is 7.39. The maximum absolute atomic E-state index is 11.5. The van der Waals surface area contributed by atoms with Gasteiger partial charge in [0, 0.05) is 0 Å². The summed E-state index contributed by atoms with van der Waals surface area (Å²) in [7, 11) is 0. The summed E-state index contributed by atoms with van der Waals surface area (Å²) in [5, 5.41) is 3.25. The van der Waals surface area contributed by atoms with E-state index >= 15 is 0 Å². The van der Waals surface area contributed by atoms with E-state index in [2.05, 4.69) is 29.6 Å². The van der Waals surface area contributed by atoms with E-state index in [0.29, 0.717) is 0 Å². The Kier molecular flexibility index (Phi) is 5.98. The number of unbranched alkanes of at least 4 members (excludes halogenated alkanes) is 1. The molecule has 0 aliphatic rings. The summed E-state index contributed by atoms with van der Waals surface area (Å²) in [5.74, 6) is -0.329. The van der Waals surface area contributed by atoms with Gasteiger partial charge >= 0.3 is 0 Å². The van der Waals surface area contributed by atoms with Crippen molar-refractivity contribution in [3.8, 4) is 0 Å². The number of nitrogens with one attached hydrogen (secondary N) is 1. The molecule has 0 aliphatic carbocycles. The Morgan fingerprint density at radius 2 is 1.57 bits per heavy atom. The lowest BCUT2D eigenvalue weighted by Crippen LogP contribution is -2.34. The molecule has 0 saturated carbocycles. The van der Waals surface area contributed by atoms with E-state index in [1.165, 1.54) is 5.56 Å². The highest BCUT2D eigenvalue weighted by molar-refractivity contribution is 5.81. The highest BCUT2D eigenvalue weighted by atomic mass is 16.1. The van der Waals surface area contributed by atoms with Crippen LogP contribution >= 0.6 is 0 Å². The van der Waals surface area contributed by atoms with Crippen LogP contribution in [0.3, 0.4) is 0 Å². The summed E-state index contributed by atoms with van der Waals surface area (Å²) in [6.45, 7) is 0.787. The molecular formula is C18H22N2O. The number of nitrogens with two attached hydrogens (primary N) is 1. The number of benzene rings is 2. The maximum Gasteiger partial charge on any atom is 0.239 e. The number of carbonyl (C=O) groups excluding carboxylic acids is 1. The topological polar surface area (TPSA) is 55.1 Å². The van der Waals surface area contributed by atoms with E-state index in [1.54, 1.807) is 0 Å². The van der Waals surface area contributed by atoms with E-state index in [-0.39, 0.29) is 5.91 Å². The average Bonchev–Trinajstić information content (AvgIpc) is 2.52. The third kappa shape index (κ3) is 5.04. The normalized spacial score (nSPS) is 12.0. The molecule has 0 spiro atoms. The van der Waals surface area contributed by atoms with Crippen LogP contribution in [-0.2, 0) is 11.2 Å². The van der Waals surface area contributed by atoms with Crippen LogP contribution in [0.5, 0.6) is 0 Å². The number of hydrogen-bond acceptors (Lipinski definition) is 2. The summed E-state index contributed by atoms with van der Waals surface area (Å²) >= 11 is 0. The molecule has 2 aromatic rings. The van der Waals surface area contributed by atoms with Crippen molar-refractivity contribution in [2.45, 2.75) is 25.3 Å². The molecular weight excluding hydrogens is 260 g/mol. The Bertz CT molecular complexity index is 540. The second-order valence-electron chi connectivity index (χ2n) is 5.14. The van der Waals surface area contributed by atoms with E-state index in [0.717, 1.165) is 31.4 Å². The van der Waals surface area contributed by atoms with Gasteiger partial charge in [-0.3, -0.25) is 4.79 Å². The molecule has 0 aromatic heterocycles. The Hall–Kier alpha value is -2.13. The van der Waals surface area contributed by atoms with Crippen molar-refractivity contribution in [1.29, 1.82) is 0 Å². The predicted octanol–water partition coefficient (Wildman–Crippen LogP) is 2.83. The molecule has 0 radical (unpaired) electrons. The zero-order valence-corrected chi connectivity index (χ0v) is 12.2.